The summed E-state index contributed by atoms with van der Waals surface area (Å²) in [5.41, 5.74) is 1.87. The highest BCUT2D eigenvalue weighted by Gasteiger charge is 2.31. The van der Waals surface area contributed by atoms with E-state index in [-0.39, 0.29) is 11.3 Å². The molecule has 0 aliphatic carbocycles. The number of pyridine rings is 2. The SMILES string of the molecule is O=C(Nc1ccc(OC(F)(F)F)cc1)c1cnc(N2CCOC2)c(-c2cncc(Cl)c2)c1. The summed E-state index contributed by atoms with van der Waals surface area (Å²) < 4.78 is 46.1. The van der Waals surface area contributed by atoms with Gasteiger partial charge in [-0.1, -0.05) is 11.6 Å². The van der Waals surface area contributed by atoms with Crippen LogP contribution in [0.2, 0.25) is 5.02 Å². The highest BCUT2D eigenvalue weighted by molar-refractivity contribution is 6.30. The zero-order chi connectivity index (χ0) is 22.7. The molecule has 11 heteroatoms. The first-order chi connectivity index (χ1) is 15.3. The average molecular weight is 465 g/mol. The Morgan fingerprint density at radius 3 is 2.59 bits per heavy atom. The molecule has 1 amide bonds. The van der Waals surface area contributed by atoms with Gasteiger partial charge in [-0.15, -0.1) is 13.2 Å². The molecule has 32 heavy (non-hydrogen) atoms. The van der Waals surface area contributed by atoms with Crippen molar-refractivity contribution >= 4 is 29.0 Å². The summed E-state index contributed by atoms with van der Waals surface area (Å²) in [4.78, 5) is 23.3. The van der Waals surface area contributed by atoms with E-state index in [4.69, 9.17) is 16.3 Å². The lowest BCUT2D eigenvalue weighted by atomic mass is 10.1. The molecule has 2 aromatic heterocycles. The first-order valence-corrected chi connectivity index (χ1v) is 9.77. The number of halogens is 4. The Labute approximate surface area is 185 Å². The van der Waals surface area contributed by atoms with Crippen LogP contribution in [-0.4, -0.2) is 42.1 Å². The van der Waals surface area contributed by atoms with Gasteiger partial charge in [0.15, 0.2) is 0 Å². The Balaban J connectivity index is 1.59. The summed E-state index contributed by atoms with van der Waals surface area (Å²) in [5.74, 6) is -0.246. The van der Waals surface area contributed by atoms with E-state index in [0.717, 1.165) is 12.1 Å². The highest BCUT2D eigenvalue weighted by Crippen LogP contribution is 2.32. The van der Waals surface area contributed by atoms with Crippen LogP contribution in [0.1, 0.15) is 10.4 Å². The van der Waals surface area contributed by atoms with Crippen LogP contribution in [0.4, 0.5) is 24.7 Å². The number of aromatic nitrogens is 2. The third-order valence-electron chi connectivity index (χ3n) is 4.54. The lowest BCUT2D eigenvalue weighted by molar-refractivity contribution is -0.274. The van der Waals surface area contributed by atoms with Gasteiger partial charge in [0.2, 0.25) is 0 Å². The largest absolute Gasteiger partial charge is 0.573 e. The monoisotopic (exact) mass is 464 g/mol. The number of hydrogen-bond acceptors (Lipinski definition) is 6. The molecule has 1 aliphatic rings. The van der Waals surface area contributed by atoms with Crippen molar-refractivity contribution in [1.82, 2.24) is 9.97 Å². The van der Waals surface area contributed by atoms with Gasteiger partial charge in [-0.3, -0.25) is 9.78 Å². The molecule has 0 radical (unpaired) electrons. The van der Waals surface area contributed by atoms with Crippen molar-refractivity contribution in [2.24, 2.45) is 0 Å². The molecule has 166 valence electrons. The average Bonchev–Trinajstić information content (AvgIpc) is 3.28. The van der Waals surface area contributed by atoms with Crippen LogP contribution in [-0.2, 0) is 4.74 Å². The van der Waals surface area contributed by atoms with Gasteiger partial charge in [-0.05, 0) is 36.4 Å². The lowest BCUT2D eigenvalue weighted by Gasteiger charge is -2.19. The van der Waals surface area contributed by atoms with Crippen LogP contribution in [0.3, 0.4) is 0 Å². The Morgan fingerprint density at radius 2 is 1.94 bits per heavy atom. The lowest BCUT2D eigenvalue weighted by Crippen LogP contribution is -2.21. The van der Waals surface area contributed by atoms with Gasteiger partial charge in [-0.2, -0.15) is 0 Å². The van der Waals surface area contributed by atoms with Gasteiger partial charge >= 0.3 is 6.36 Å². The van der Waals surface area contributed by atoms with E-state index in [2.05, 4.69) is 20.0 Å². The number of alkyl halides is 3. The topological polar surface area (TPSA) is 76.6 Å². The molecule has 3 aromatic rings. The number of ether oxygens (including phenoxy) is 2. The second kappa shape index (κ2) is 9.01. The summed E-state index contributed by atoms with van der Waals surface area (Å²) in [5, 5.41) is 3.06. The first kappa shape index (κ1) is 21.8. The van der Waals surface area contributed by atoms with Crippen molar-refractivity contribution in [3.63, 3.8) is 0 Å². The molecule has 1 aliphatic heterocycles. The van der Waals surface area contributed by atoms with Crippen molar-refractivity contribution in [2.75, 3.05) is 30.1 Å². The molecule has 4 rings (SSSR count). The van der Waals surface area contributed by atoms with E-state index in [1.807, 2.05) is 4.90 Å². The van der Waals surface area contributed by atoms with Crippen LogP contribution in [0.5, 0.6) is 5.75 Å². The molecule has 0 spiro atoms. The van der Waals surface area contributed by atoms with Crippen LogP contribution < -0.4 is 15.0 Å². The normalized spacial score (nSPS) is 13.8. The molecular formula is C21H16ClF3N4O3. The second-order valence-electron chi connectivity index (χ2n) is 6.81. The fourth-order valence-electron chi connectivity index (χ4n) is 3.13. The number of anilines is 2. The molecule has 0 unspecified atom stereocenters. The van der Waals surface area contributed by atoms with Gasteiger partial charge in [-0.25, -0.2) is 4.98 Å². The third kappa shape index (κ3) is 5.27. The van der Waals surface area contributed by atoms with E-state index in [0.29, 0.717) is 47.5 Å². The predicted molar refractivity (Wildman–Crippen MR) is 112 cm³/mol. The van der Waals surface area contributed by atoms with Crippen LogP contribution >= 0.6 is 11.6 Å². The predicted octanol–water partition coefficient (Wildman–Crippen LogP) is 4.74. The fourth-order valence-corrected chi connectivity index (χ4v) is 3.30. The molecular weight excluding hydrogens is 449 g/mol. The van der Waals surface area contributed by atoms with Crippen molar-refractivity contribution in [2.45, 2.75) is 6.36 Å². The van der Waals surface area contributed by atoms with Crippen molar-refractivity contribution in [3.05, 3.63) is 65.6 Å². The minimum absolute atomic E-state index is 0.249. The smallest absolute Gasteiger partial charge is 0.406 e. The maximum absolute atomic E-state index is 12.8. The summed E-state index contributed by atoms with van der Waals surface area (Å²) >= 11 is 6.09. The van der Waals surface area contributed by atoms with E-state index >= 15 is 0 Å². The van der Waals surface area contributed by atoms with Crippen molar-refractivity contribution < 1.29 is 27.4 Å². The zero-order valence-electron chi connectivity index (χ0n) is 16.4. The van der Waals surface area contributed by atoms with Crippen molar-refractivity contribution in [3.8, 4) is 16.9 Å². The summed E-state index contributed by atoms with van der Waals surface area (Å²) in [7, 11) is 0. The maximum atomic E-state index is 12.8. The number of hydrogen-bond donors (Lipinski definition) is 1. The number of carbonyl (C=O) groups excluding carboxylic acids is 1. The quantitative estimate of drug-likeness (QED) is 0.587. The van der Waals surface area contributed by atoms with E-state index in [1.54, 1.807) is 18.3 Å². The van der Waals surface area contributed by atoms with E-state index < -0.39 is 12.3 Å². The van der Waals surface area contributed by atoms with Gasteiger partial charge in [0, 0.05) is 41.9 Å². The molecule has 1 aromatic carbocycles. The van der Waals surface area contributed by atoms with Crippen LogP contribution in [0.15, 0.2) is 55.0 Å². The van der Waals surface area contributed by atoms with Crippen LogP contribution in [0, 0.1) is 0 Å². The van der Waals surface area contributed by atoms with E-state index in [9.17, 15) is 18.0 Å². The fraction of sp³-hybridized carbons (Fsp3) is 0.190. The van der Waals surface area contributed by atoms with Crippen LogP contribution in [0.25, 0.3) is 11.1 Å². The number of nitrogens with zero attached hydrogens (tertiary/aromatic N) is 3. The molecule has 3 heterocycles. The molecule has 0 bridgehead atoms. The highest BCUT2D eigenvalue weighted by atomic mass is 35.5. The molecule has 1 fully saturated rings. The van der Waals surface area contributed by atoms with Gasteiger partial charge in [0.1, 0.15) is 18.3 Å². The number of amides is 1. The van der Waals surface area contributed by atoms with Gasteiger partial charge in [0.05, 0.1) is 17.2 Å². The number of nitrogens with one attached hydrogen (secondary N) is 1. The Bertz CT molecular complexity index is 1120. The molecule has 1 N–H and O–H groups in total. The maximum Gasteiger partial charge on any atom is 0.573 e. The summed E-state index contributed by atoms with van der Waals surface area (Å²) in [6.07, 6.45) is -0.250. The number of carbonyl (C=O) groups is 1. The van der Waals surface area contributed by atoms with E-state index in [1.165, 1.54) is 24.5 Å². The minimum Gasteiger partial charge on any atom is -0.406 e. The number of rotatable bonds is 5. The Morgan fingerprint density at radius 1 is 1.16 bits per heavy atom. The summed E-state index contributed by atoms with van der Waals surface area (Å²) in [6, 6.07) is 8.22. The Hall–Kier alpha value is -3.37. The van der Waals surface area contributed by atoms with Gasteiger partial charge in [0.25, 0.3) is 5.91 Å². The first-order valence-electron chi connectivity index (χ1n) is 9.39. The number of benzene rings is 1. The minimum atomic E-state index is -4.79. The second-order valence-corrected chi connectivity index (χ2v) is 7.25. The molecule has 0 saturated carbocycles. The molecule has 0 atom stereocenters. The third-order valence-corrected chi connectivity index (χ3v) is 4.75. The van der Waals surface area contributed by atoms with Crippen molar-refractivity contribution in [1.29, 1.82) is 0 Å². The summed E-state index contributed by atoms with van der Waals surface area (Å²) in [6.45, 7) is 1.57. The Kier molecular flexibility index (Phi) is 6.15. The zero-order valence-corrected chi connectivity index (χ0v) is 17.2. The molecule has 7 nitrogen and oxygen atoms in total. The van der Waals surface area contributed by atoms with Gasteiger partial charge < -0.3 is 19.7 Å². The molecule has 1 saturated heterocycles. The standard InChI is InChI=1S/C21H16ClF3N4O3/c22-15-7-13(9-26-11-15)18-8-14(10-27-19(18)29-5-6-31-12-29)20(30)28-16-1-3-17(4-2-16)32-21(23,24)25/h1-4,7-11H,5-6,12H2,(H,28,30).